The molecule has 2 N–H and O–H groups in total. The van der Waals surface area contributed by atoms with Gasteiger partial charge in [0.05, 0.1) is 18.4 Å². The van der Waals surface area contributed by atoms with Crippen LogP contribution in [0, 0.1) is 20.8 Å². The Morgan fingerprint density at radius 1 is 1.00 bits per heavy atom. The van der Waals surface area contributed by atoms with Crippen molar-refractivity contribution in [1.82, 2.24) is 9.97 Å². The minimum Gasteiger partial charge on any atom is -0.495 e. The van der Waals surface area contributed by atoms with Gasteiger partial charge in [-0.05, 0) is 49.6 Å². The maximum Gasteiger partial charge on any atom is 0.258 e. The Hall–Kier alpha value is -3.41. The Labute approximate surface area is 158 Å². The lowest BCUT2D eigenvalue weighted by Crippen LogP contribution is -2.14. The molecule has 0 bridgehead atoms. The van der Waals surface area contributed by atoms with E-state index in [1.54, 1.807) is 7.11 Å². The molecule has 0 aliphatic heterocycles. The van der Waals surface area contributed by atoms with E-state index in [1.165, 1.54) is 12.4 Å². The number of aromatic nitrogens is 2. The van der Waals surface area contributed by atoms with E-state index in [1.807, 2.05) is 57.2 Å². The molecule has 1 amide bonds. The summed E-state index contributed by atoms with van der Waals surface area (Å²) in [5.41, 5.74) is 5.07. The van der Waals surface area contributed by atoms with E-state index in [9.17, 15) is 4.79 Å². The summed E-state index contributed by atoms with van der Waals surface area (Å²) in [7, 11) is 1.61. The number of anilines is 3. The maximum absolute atomic E-state index is 12.5. The third-order valence-corrected chi connectivity index (χ3v) is 4.24. The molecular weight excluding hydrogens is 340 g/mol. The molecule has 6 heteroatoms. The number of hydrogen-bond donors (Lipinski definition) is 2. The van der Waals surface area contributed by atoms with Crippen molar-refractivity contribution in [3.8, 4) is 5.75 Å². The summed E-state index contributed by atoms with van der Waals surface area (Å²) in [6.45, 7) is 5.91. The van der Waals surface area contributed by atoms with Gasteiger partial charge in [0.1, 0.15) is 5.75 Å². The van der Waals surface area contributed by atoms with Crippen molar-refractivity contribution in [2.75, 3.05) is 17.7 Å². The first-order chi connectivity index (χ1) is 13.0. The molecule has 2 aromatic carbocycles. The average molecular weight is 362 g/mol. The molecule has 27 heavy (non-hydrogen) atoms. The first-order valence-corrected chi connectivity index (χ1v) is 8.59. The number of para-hydroxylation sites is 1. The van der Waals surface area contributed by atoms with E-state index >= 15 is 0 Å². The van der Waals surface area contributed by atoms with Crippen LogP contribution in [0.4, 0.5) is 17.3 Å². The molecule has 138 valence electrons. The first-order valence-electron chi connectivity index (χ1n) is 8.59. The average Bonchev–Trinajstić information content (AvgIpc) is 2.65. The van der Waals surface area contributed by atoms with E-state index in [0.717, 1.165) is 28.1 Å². The van der Waals surface area contributed by atoms with Crippen LogP contribution < -0.4 is 15.4 Å². The Morgan fingerprint density at radius 3 is 2.30 bits per heavy atom. The van der Waals surface area contributed by atoms with Gasteiger partial charge in [-0.2, -0.15) is 0 Å². The van der Waals surface area contributed by atoms with Crippen LogP contribution in [0.15, 0.2) is 48.8 Å². The summed E-state index contributed by atoms with van der Waals surface area (Å²) in [5, 5.41) is 6.05. The Morgan fingerprint density at radius 2 is 1.67 bits per heavy atom. The Kier molecular flexibility index (Phi) is 5.35. The number of ether oxygens (including phenoxy) is 1. The molecule has 0 aliphatic carbocycles. The molecule has 3 rings (SSSR count). The number of rotatable bonds is 5. The summed E-state index contributed by atoms with van der Waals surface area (Å²) in [6, 6.07) is 11.7. The summed E-state index contributed by atoms with van der Waals surface area (Å²) in [4.78, 5) is 21.0. The van der Waals surface area contributed by atoms with Gasteiger partial charge in [0.15, 0.2) is 0 Å². The lowest BCUT2D eigenvalue weighted by molar-refractivity contribution is 0.102. The first kappa shape index (κ1) is 18.4. The van der Waals surface area contributed by atoms with Crippen molar-refractivity contribution in [2.24, 2.45) is 0 Å². The maximum atomic E-state index is 12.5. The van der Waals surface area contributed by atoms with Crippen molar-refractivity contribution in [3.05, 3.63) is 71.0 Å². The highest BCUT2D eigenvalue weighted by Gasteiger charge is 2.11. The molecule has 0 fully saturated rings. The fourth-order valence-corrected chi connectivity index (χ4v) is 2.75. The molecule has 0 unspecified atom stereocenters. The van der Waals surface area contributed by atoms with Gasteiger partial charge in [0, 0.05) is 18.1 Å². The van der Waals surface area contributed by atoms with E-state index in [2.05, 4.69) is 20.6 Å². The summed E-state index contributed by atoms with van der Waals surface area (Å²) in [5.74, 6) is 0.843. The smallest absolute Gasteiger partial charge is 0.258 e. The zero-order valence-corrected chi connectivity index (χ0v) is 15.8. The lowest BCUT2D eigenvalue weighted by atomic mass is 10.1. The highest BCUT2D eigenvalue weighted by molar-refractivity contribution is 6.04. The zero-order chi connectivity index (χ0) is 19.4. The van der Waals surface area contributed by atoms with Crippen LogP contribution in [0.5, 0.6) is 5.75 Å². The van der Waals surface area contributed by atoms with Crippen LogP contribution in [0.25, 0.3) is 0 Å². The van der Waals surface area contributed by atoms with Gasteiger partial charge in [0.25, 0.3) is 5.91 Å². The monoisotopic (exact) mass is 362 g/mol. The van der Waals surface area contributed by atoms with Crippen molar-refractivity contribution in [1.29, 1.82) is 0 Å². The molecule has 1 aromatic heterocycles. The molecule has 0 atom stereocenters. The number of hydrogen-bond acceptors (Lipinski definition) is 5. The molecular formula is C21H22N4O2. The van der Waals surface area contributed by atoms with Crippen molar-refractivity contribution < 1.29 is 9.53 Å². The third-order valence-electron chi connectivity index (χ3n) is 4.24. The summed E-state index contributed by atoms with van der Waals surface area (Å²) >= 11 is 0. The number of nitrogens with one attached hydrogen (secondary N) is 2. The predicted octanol–water partition coefficient (Wildman–Crippen LogP) is 4.41. The third kappa shape index (κ3) is 4.23. The van der Waals surface area contributed by atoms with E-state index < -0.39 is 0 Å². The quantitative estimate of drug-likeness (QED) is 0.703. The SMILES string of the molecule is COc1ccc(C)cc1Nc1ncc(C(=O)Nc2c(C)cccc2C)cn1. The van der Waals surface area contributed by atoms with Crippen LogP contribution in [0.2, 0.25) is 0 Å². The van der Waals surface area contributed by atoms with E-state index in [4.69, 9.17) is 4.74 Å². The summed E-state index contributed by atoms with van der Waals surface area (Å²) in [6.07, 6.45) is 3.00. The van der Waals surface area contributed by atoms with Crippen LogP contribution in [0.1, 0.15) is 27.0 Å². The number of carbonyl (C=O) groups is 1. The van der Waals surface area contributed by atoms with E-state index in [-0.39, 0.29) is 5.91 Å². The number of nitrogens with zero attached hydrogens (tertiary/aromatic N) is 2. The number of methoxy groups -OCH3 is 1. The zero-order valence-electron chi connectivity index (χ0n) is 15.8. The standard InChI is InChI=1S/C21H22N4O2/c1-13-8-9-18(27-4)17(10-13)24-21-22-11-16(12-23-21)20(26)25-19-14(2)6-5-7-15(19)3/h5-12H,1-4H3,(H,25,26)(H,22,23,24). The van der Waals surface area contributed by atoms with Crippen molar-refractivity contribution in [3.63, 3.8) is 0 Å². The van der Waals surface area contributed by atoms with Gasteiger partial charge in [0.2, 0.25) is 5.95 Å². The molecule has 0 spiro atoms. The fraction of sp³-hybridized carbons (Fsp3) is 0.190. The number of benzene rings is 2. The molecule has 6 nitrogen and oxygen atoms in total. The van der Waals surface area contributed by atoms with Gasteiger partial charge in [-0.25, -0.2) is 9.97 Å². The fourth-order valence-electron chi connectivity index (χ4n) is 2.75. The largest absolute Gasteiger partial charge is 0.495 e. The second-order valence-corrected chi connectivity index (χ2v) is 6.35. The topological polar surface area (TPSA) is 76.1 Å². The van der Waals surface area contributed by atoms with Crippen molar-refractivity contribution >= 4 is 23.2 Å². The highest BCUT2D eigenvalue weighted by atomic mass is 16.5. The highest BCUT2D eigenvalue weighted by Crippen LogP contribution is 2.27. The molecule has 0 radical (unpaired) electrons. The minimum atomic E-state index is -0.243. The van der Waals surface area contributed by atoms with Crippen LogP contribution in [0.3, 0.4) is 0 Å². The Bertz CT molecular complexity index is 948. The van der Waals surface area contributed by atoms with Crippen molar-refractivity contribution in [2.45, 2.75) is 20.8 Å². The lowest BCUT2D eigenvalue weighted by Gasteiger charge is -2.12. The van der Waals surface area contributed by atoms with Gasteiger partial charge >= 0.3 is 0 Å². The molecule has 0 aliphatic rings. The minimum absolute atomic E-state index is 0.243. The molecule has 0 saturated carbocycles. The van der Waals surface area contributed by atoms with Crippen LogP contribution in [-0.4, -0.2) is 23.0 Å². The van der Waals surface area contributed by atoms with Gasteiger partial charge < -0.3 is 15.4 Å². The number of amides is 1. The second-order valence-electron chi connectivity index (χ2n) is 6.35. The number of carbonyl (C=O) groups excluding carboxylic acids is 1. The predicted molar refractivity (Wildman–Crippen MR) is 107 cm³/mol. The number of aryl methyl sites for hydroxylation is 3. The molecule has 3 aromatic rings. The van der Waals surface area contributed by atoms with Gasteiger partial charge in [-0.3, -0.25) is 4.79 Å². The normalized spacial score (nSPS) is 10.4. The van der Waals surface area contributed by atoms with Gasteiger partial charge in [-0.1, -0.05) is 24.3 Å². The van der Waals surface area contributed by atoms with Crippen LogP contribution in [-0.2, 0) is 0 Å². The molecule has 1 heterocycles. The Balaban J connectivity index is 1.76. The van der Waals surface area contributed by atoms with E-state index in [0.29, 0.717) is 17.3 Å². The summed E-state index contributed by atoms with van der Waals surface area (Å²) < 4.78 is 5.34. The van der Waals surface area contributed by atoms with Gasteiger partial charge in [-0.15, -0.1) is 0 Å². The second kappa shape index (κ2) is 7.86. The molecule has 0 saturated heterocycles. The van der Waals surface area contributed by atoms with Crippen LogP contribution >= 0.6 is 0 Å².